The molecule has 0 radical (unpaired) electrons. The predicted molar refractivity (Wildman–Crippen MR) is 106 cm³/mol. The highest BCUT2D eigenvalue weighted by atomic mass is 19.1. The molecule has 152 valence electrons. The van der Waals surface area contributed by atoms with Gasteiger partial charge in [0.1, 0.15) is 17.3 Å². The van der Waals surface area contributed by atoms with Crippen LogP contribution in [0.4, 0.5) is 10.1 Å². The highest BCUT2D eigenvalue weighted by Gasteiger charge is 2.38. The first-order valence-electron chi connectivity index (χ1n) is 9.05. The molecule has 0 bridgehead atoms. The van der Waals surface area contributed by atoms with Gasteiger partial charge < -0.3 is 15.8 Å². The summed E-state index contributed by atoms with van der Waals surface area (Å²) in [4.78, 5) is 34.2. The zero-order valence-electron chi connectivity index (χ0n) is 16.4. The Bertz CT molecular complexity index is 977. The standard InChI is InChI=1S/C20H22FN5O3/c1-4-29-13-6-8-16(23-11-13)18(28)24-12-5-7-15(21)14(9-12)20(2)10-17(27)26(3)19(22)25-20/h5-9,11H,4,10H2,1-3H3,(H2,22,25)(H,24,28). The molecule has 8 nitrogen and oxygen atoms in total. The van der Waals surface area contributed by atoms with Crippen molar-refractivity contribution in [1.82, 2.24) is 9.88 Å². The summed E-state index contributed by atoms with van der Waals surface area (Å²) in [5.74, 6) is -0.705. The van der Waals surface area contributed by atoms with Crippen LogP contribution in [0, 0.1) is 5.82 Å². The number of anilines is 1. The van der Waals surface area contributed by atoms with Gasteiger partial charge in [-0.1, -0.05) is 0 Å². The monoisotopic (exact) mass is 399 g/mol. The van der Waals surface area contributed by atoms with Crippen molar-refractivity contribution in [3.05, 3.63) is 53.6 Å². The summed E-state index contributed by atoms with van der Waals surface area (Å²) in [6, 6.07) is 7.28. The predicted octanol–water partition coefficient (Wildman–Crippen LogP) is 2.26. The van der Waals surface area contributed by atoms with Crippen LogP contribution < -0.4 is 15.8 Å². The van der Waals surface area contributed by atoms with E-state index in [1.165, 1.54) is 42.4 Å². The number of hydrogen-bond acceptors (Lipinski definition) is 6. The molecule has 2 heterocycles. The van der Waals surface area contributed by atoms with Crippen LogP contribution in [0.1, 0.15) is 36.3 Å². The van der Waals surface area contributed by atoms with Crippen LogP contribution in [0.25, 0.3) is 0 Å². The second kappa shape index (κ2) is 7.86. The van der Waals surface area contributed by atoms with E-state index in [0.717, 1.165) is 0 Å². The number of carbonyl (C=O) groups is 2. The molecular formula is C20H22FN5O3. The van der Waals surface area contributed by atoms with E-state index in [-0.39, 0.29) is 29.5 Å². The third kappa shape index (κ3) is 4.18. The molecule has 9 heteroatoms. The summed E-state index contributed by atoms with van der Waals surface area (Å²) < 4.78 is 19.9. The number of amides is 2. The normalized spacial score (nSPS) is 19.0. The molecule has 1 aliphatic heterocycles. The van der Waals surface area contributed by atoms with E-state index in [1.807, 2.05) is 6.92 Å². The van der Waals surface area contributed by atoms with Crippen molar-refractivity contribution in [2.75, 3.05) is 19.0 Å². The van der Waals surface area contributed by atoms with Crippen LogP contribution in [-0.2, 0) is 10.3 Å². The maximum atomic E-state index is 14.6. The van der Waals surface area contributed by atoms with Crippen LogP contribution in [0.15, 0.2) is 41.5 Å². The lowest BCUT2D eigenvalue weighted by molar-refractivity contribution is -0.128. The number of pyridine rings is 1. The van der Waals surface area contributed by atoms with Crippen molar-refractivity contribution < 1.29 is 18.7 Å². The Hall–Kier alpha value is -3.49. The zero-order chi connectivity index (χ0) is 21.2. The third-order valence-corrected chi connectivity index (χ3v) is 4.66. The maximum absolute atomic E-state index is 14.6. The van der Waals surface area contributed by atoms with E-state index in [4.69, 9.17) is 10.5 Å². The lowest BCUT2D eigenvalue weighted by Gasteiger charge is -2.34. The quantitative estimate of drug-likeness (QED) is 0.801. The van der Waals surface area contributed by atoms with Crippen LogP contribution in [-0.4, -0.2) is 41.3 Å². The van der Waals surface area contributed by atoms with Crippen LogP contribution in [0.5, 0.6) is 5.75 Å². The van der Waals surface area contributed by atoms with Crippen LogP contribution in [0.2, 0.25) is 0 Å². The molecule has 1 atom stereocenters. The van der Waals surface area contributed by atoms with Gasteiger partial charge in [-0.15, -0.1) is 0 Å². The zero-order valence-corrected chi connectivity index (χ0v) is 16.4. The van der Waals surface area contributed by atoms with E-state index in [0.29, 0.717) is 18.0 Å². The molecule has 1 aliphatic rings. The number of aliphatic imine (C=N–C) groups is 1. The Morgan fingerprint density at radius 3 is 2.76 bits per heavy atom. The minimum Gasteiger partial charge on any atom is -0.492 e. The fourth-order valence-corrected chi connectivity index (χ4v) is 3.04. The van der Waals surface area contributed by atoms with Crippen molar-refractivity contribution in [3.63, 3.8) is 0 Å². The first-order chi connectivity index (χ1) is 13.7. The van der Waals surface area contributed by atoms with Crippen LogP contribution >= 0.6 is 0 Å². The van der Waals surface area contributed by atoms with Crippen molar-refractivity contribution >= 4 is 23.5 Å². The molecule has 3 N–H and O–H groups in total. The molecule has 0 fully saturated rings. The highest BCUT2D eigenvalue weighted by Crippen LogP contribution is 2.35. The Labute approximate surface area is 167 Å². The molecule has 2 aromatic rings. The number of nitrogens with one attached hydrogen (secondary N) is 1. The molecule has 0 saturated heterocycles. The molecule has 1 aromatic heterocycles. The summed E-state index contributed by atoms with van der Waals surface area (Å²) in [5.41, 5.74) is 5.33. The van der Waals surface area contributed by atoms with Crippen molar-refractivity contribution in [2.24, 2.45) is 10.7 Å². The fourth-order valence-electron chi connectivity index (χ4n) is 3.04. The molecule has 29 heavy (non-hydrogen) atoms. The SMILES string of the molecule is CCOc1ccc(C(=O)Nc2ccc(F)c(C3(C)CC(=O)N(C)C(N)=N3)c2)nc1. The molecule has 0 aliphatic carbocycles. The van der Waals surface area contributed by atoms with E-state index >= 15 is 0 Å². The van der Waals surface area contributed by atoms with E-state index in [9.17, 15) is 14.0 Å². The molecular weight excluding hydrogens is 377 g/mol. The fraction of sp³-hybridized carbons (Fsp3) is 0.300. The number of halogens is 1. The van der Waals surface area contributed by atoms with E-state index in [2.05, 4.69) is 15.3 Å². The summed E-state index contributed by atoms with van der Waals surface area (Å²) >= 11 is 0. The Kier molecular flexibility index (Phi) is 5.49. The number of nitrogens with zero attached hydrogens (tertiary/aromatic N) is 3. The minimum absolute atomic E-state index is 0.0103. The van der Waals surface area contributed by atoms with Gasteiger partial charge in [0.05, 0.1) is 24.8 Å². The van der Waals surface area contributed by atoms with Crippen molar-refractivity contribution in [2.45, 2.75) is 25.8 Å². The molecule has 0 spiro atoms. The second-order valence-electron chi connectivity index (χ2n) is 6.83. The minimum atomic E-state index is -1.17. The number of nitrogens with two attached hydrogens (primary N) is 1. The number of guanidine groups is 1. The summed E-state index contributed by atoms with van der Waals surface area (Å²) in [5, 5.41) is 2.68. The van der Waals surface area contributed by atoms with Gasteiger partial charge >= 0.3 is 0 Å². The largest absolute Gasteiger partial charge is 0.492 e. The highest BCUT2D eigenvalue weighted by molar-refractivity contribution is 6.03. The summed E-state index contributed by atoms with van der Waals surface area (Å²) in [6.45, 7) is 3.97. The molecule has 2 amide bonds. The first-order valence-corrected chi connectivity index (χ1v) is 9.05. The topological polar surface area (TPSA) is 110 Å². The number of hydrogen-bond donors (Lipinski definition) is 2. The van der Waals surface area contributed by atoms with Gasteiger partial charge in [0.25, 0.3) is 5.91 Å². The third-order valence-electron chi connectivity index (χ3n) is 4.66. The lowest BCUT2D eigenvalue weighted by Crippen LogP contribution is -2.47. The van der Waals surface area contributed by atoms with Gasteiger partial charge in [0.15, 0.2) is 5.96 Å². The molecule has 0 saturated carbocycles. The Morgan fingerprint density at radius 1 is 1.38 bits per heavy atom. The van der Waals surface area contributed by atoms with Gasteiger partial charge in [-0.05, 0) is 44.2 Å². The van der Waals surface area contributed by atoms with Crippen LogP contribution in [0.3, 0.4) is 0 Å². The lowest BCUT2D eigenvalue weighted by atomic mass is 9.87. The Morgan fingerprint density at radius 2 is 2.14 bits per heavy atom. The average Bonchev–Trinajstić information content (AvgIpc) is 2.68. The van der Waals surface area contributed by atoms with Gasteiger partial charge in [-0.3, -0.25) is 14.5 Å². The van der Waals surface area contributed by atoms with E-state index < -0.39 is 17.3 Å². The molecule has 1 aromatic carbocycles. The number of aromatic nitrogens is 1. The average molecular weight is 399 g/mol. The number of rotatable bonds is 5. The van der Waals surface area contributed by atoms with Gasteiger partial charge in [0, 0.05) is 18.3 Å². The van der Waals surface area contributed by atoms with Crippen molar-refractivity contribution in [1.29, 1.82) is 0 Å². The van der Waals surface area contributed by atoms with Crippen molar-refractivity contribution in [3.8, 4) is 5.75 Å². The Balaban J connectivity index is 1.86. The summed E-state index contributed by atoms with van der Waals surface area (Å²) in [7, 11) is 1.51. The van der Waals surface area contributed by atoms with E-state index in [1.54, 1.807) is 13.0 Å². The van der Waals surface area contributed by atoms with Gasteiger partial charge in [-0.25, -0.2) is 14.4 Å². The summed E-state index contributed by atoms with van der Waals surface area (Å²) in [6.07, 6.45) is 1.41. The second-order valence-corrected chi connectivity index (χ2v) is 6.83. The van der Waals surface area contributed by atoms with Gasteiger partial charge in [0.2, 0.25) is 5.91 Å². The number of ether oxygens (including phenoxy) is 1. The maximum Gasteiger partial charge on any atom is 0.274 e. The first kappa shape index (κ1) is 20.2. The molecule has 3 rings (SSSR count). The van der Waals surface area contributed by atoms with Gasteiger partial charge in [-0.2, -0.15) is 0 Å². The smallest absolute Gasteiger partial charge is 0.274 e. The number of carbonyl (C=O) groups excluding carboxylic acids is 2. The number of benzene rings is 1. The molecule has 1 unspecified atom stereocenters.